The molecule has 3 heteroatoms. The molecular formula is C21H44O3. The second-order valence-electron chi connectivity index (χ2n) is 6.82. The lowest BCUT2D eigenvalue weighted by molar-refractivity contribution is -0.0615. The summed E-state index contributed by atoms with van der Waals surface area (Å²) in [7, 11) is 0. The first kappa shape index (κ1) is 23.9. The summed E-state index contributed by atoms with van der Waals surface area (Å²) in [5.41, 5.74) is 0. The first-order chi connectivity index (χ1) is 11.8. The van der Waals surface area contributed by atoms with Gasteiger partial charge in [-0.05, 0) is 19.3 Å². The van der Waals surface area contributed by atoms with Crippen molar-refractivity contribution in [3.8, 4) is 0 Å². The maximum Gasteiger partial charge on any atom is 0.104 e. The quantitative estimate of drug-likeness (QED) is 0.248. The molecule has 0 aliphatic rings. The fraction of sp³-hybridized carbons (Fsp3) is 1.00. The fourth-order valence-corrected chi connectivity index (χ4v) is 2.61. The largest absolute Gasteiger partial charge is 0.379 e. The Morgan fingerprint density at radius 3 is 1.33 bits per heavy atom. The van der Waals surface area contributed by atoms with Gasteiger partial charge in [0.15, 0.2) is 0 Å². The molecule has 3 nitrogen and oxygen atoms in total. The topological polar surface area (TPSA) is 27.7 Å². The highest BCUT2D eigenvalue weighted by Crippen LogP contribution is 2.05. The van der Waals surface area contributed by atoms with Gasteiger partial charge in [-0.15, -0.1) is 0 Å². The average Bonchev–Trinajstić information content (AvgIpc) is 2.60. The van der Waals surface area contributed by atoms with E-state index >= 15 is 0 Å². The molecule has 0 rings (SSSR count). The summed E-state index contributed by atoms with van der Waals surface area (Å²) in [6, 6.07) is 0. The average molecular weight is 345 g/mol. The van der Waals surface area contributed by atoms with E-state index in [1.54, 1.807) is 0 Å². The van der Waals surface area contributed by atoms with Crippen molar-refractivity contribution in [2.45, 2.75) is 104 Å². The van der Waals surface area contributed by atoms with Crippen molar-refractivity contribution >= 4 is 0 Å². The number of rotatable bonds is 20. The molecule has 0 radical (unpaired) electrons. The zero-order valence-electron chi connectivity index (χ0n) is 16.8. The van der Waals surface area contributed by atoms with Gasteiger partial charge in [0, 0.05) is 19.8 Å². The van der Waals surface area contributed by atoms with Crippen molar-refractivity contribution in [3.63, 3.8) is 0 Å². The number of unbranched alkanes of at least 4 members (excludes halogenated alkanes) is 9. The molecule has 0 N–H and O–H groups in total. The highest BCUT2D eigenvalue weighted by Gasteiger charge is 2.10. The highest BCUT2D eigenvalue weighted by molar-refractivity contribution is 4.57. The van der Waals surface area contributed by atoms with Crippen molar-refractivity contribution in [2.24, 2.45) is 0 Å². The molecule has 0 saturated carbocycles. The molecule has 0 aromatic heterocycles. The lowest BCUT2D eigenvalue weighted by atomic mass is 10.2. The van der Waals surface area contributed by atoms with E-state index in [1.807, 2.05) is 0 Å². The zero-order valence-corrected chi connectivity index (χ0v) is 16.8. The number of hydrogen-bond donors (Lipinski definition) is 0. The van der Waals surface area contributed by atoms with E-state index in [0.717, 1.165) is 39.1 Å². The van der Waals surface area contributed by atoms with Crippen molar-refractivity contribution in [2.75, 3.05) is 33.0 Å². The van der Waals surface area contributed by atoms with Crippen LogP contribution in [0.5, 0.6) is 0 Å². The Morgan fingerprint density at radius 1 is 0.500 bits per heavy atom. The van der Waals surface area contributed by atoms with Crippen LogP contribution in [0.25, 0.3) is 0 Å². The van der Waals surface area contributed by atoms with Gasteiger partial charge in [-0.3, -0.25) is 0 Å². The zero-order chi connectivity index (χ0) is 17.7. The van der Waals surface area contributed by atoms with Gasteiger partial charge in [0.1, 0.15) is 6.10 Å². The van der Waals surface area contributed by atoms with Crippen molar-refractivity contribution < 1.29 is 14.2 Å². The van der Waals surface area contributed by atoms with Crippen LogP contribution < -0.4 is 0 Å². The Kier molecular flexibility index (Phi) is 20.8. The molecule has 0 fully saturated rings. The minimum absolute atomic E-state index is 0.101. The molecule has 146 valence electrons. The lowest BCUT2D eigenvalue weighted by Crippen LogP contribution is -2.26. The molecule has 0 aliphatic carbocycles. The monoisotopic (exact) mass is 344 g/mol. The van der Waals surface area contributed by atoms with Crippen LogP contribution >= 0.6 is 0 Å². The molecule has 0 aliphatic heterocycles. The molecule has 0 unspecified atom stereocenters. The van der Waals surface area contributed by atoms with Gasteiger partial charge < -0.3 is 14.2 Å². The van der Waals surface area contributed by atoms with E-state index in [2.05, 4.69) is 20.8 Å². The number of hydrogen-bond acceptors (Lipinski definition) is 3. The first-order valence-electron chi connectivity index (χ1n) is 10.6. The van der Waals surface area contributed by atoms with Crippen molar-refractivity contribution in [1.29, 1.82) is 0 Å². The summed E-state index contributed by atoms with van der Waals surface area (Å²) >= 11 is 0. The number of ether oxygens (including phenoxy) is 3. The van der Waals surface area contributed by atoms with Crippen molar-refractivity contribution in [1.82, 2.24) is 0 Å². The lowest BCUT2D eigenvalue weighted by Gasteiger charge is -2.18. The Hall–Kier alpha value is -0.120. The summed E-state index contributed by atoms with van der Waals surface area (Å²) in [5.74, 6) is 0. The molecule has 0 heterocycles. The SMILES string of the molecule is CCCCCCOCC(COCCCCCC)OCCCCCC. The van der Waals surface area contributed by atoms with Crippen LogP contribution in [0.4, 0.5) is 0 Å². The van der Waals surface area contributed by atoms with Crippen LogP contribution in [0.1, 0.15) is 97.8 Å². The molecule has 0 aromatic rings. The fourth-order valence-electron chi connectivity index (χ4n) is 2.61. The van der Waals surface area contributed by atoms with Crippen LogP contribution in [0.3, 0.4) is 0 Å². The van der Waals surface area contributed by atoms with Gasteiger partial charge >= 0.3 is 0 Å². The second-order valence-corrected chi connectivity index (χ2v) is 6.82. The Balaban J connectivity index is 3.74. The van der Waals surface area contributed by atoms with E-state index in [1.165, 1.54) is 57.8 Å². The van der Waals surface area contributed by atoms with E-state index in [0.29, 0.717) is 13.2 Å². The third-order valence-electron chi connectivity index (χ3n) is 4.24. The Bertz CT molecular complexity index is 205. The molecule has 0 spiro atoms. The van der Waals surface area contributed by atoms with Gasteiger partial charge in [0.05, 0.1) is 13.2 Å². The standard InChI is InChI=1S/C21H44O3/c1-4-7-10-13-16-22-19-21(24-18-15-12-9-6-3)20-23-17-14-11-8-5-2/h21H,4-20H2,1-3H3. The summed E-state index contributed by atoms with van der Waals surface area (Å²) in [4.78, 5) is 0. The van der Waals surface area contributed by atoms with Crippen LogP contribution in [0, 0.1) is 0 Å². The van der Waals surface area contributed by atoms with E-state index in [9.17, 15) is 0 Å². The van der Waals surface area contributed by atoms with Gasteiger partial charge in [0.2, 0.25) is 0 Å². The summed E-state index contributed by atoms with van der Waals surface area (Å²) in [6.45, 7) is 10.6. The first-order valence-corrected chi connectivity index (χ1v) is 10.6. The summed E-state index contributed by atoms with van der Waals surface area (Å²) in [6.07, 6.45) is 15.1. The second kappa shape index (κ2) is 20.9. The predicted molar refractivity (Wildman–Crippen MR) is 104 cm³/mol. The molecule has 0 saturated heterocycles. The summed E-state index contributed by atoms with van der Waals surface area (Å²) in [5, 5.41) is 0. The van der Waals surface area contributed by atoms with Gasteiger partial charge in [-0.2, -0.15) is 0 Å². The van der Waals surface area contributed by atoms with E-state index in [4.69, 9.17) is 14.2 Å². The smallest absolute Gasteiger partial charge is 0.104 e. The normalized spacial score (nSPS) is 11.5. The molecule has 0 atom stereocenters. The minimum atomic E-state index is 0.101. The predicted octanol–water partition coefficient (Wildman–Crippen LogP) is 6.15. The van der Waals surface area contributed by atoms with Crippen LogP contribution in [0.15, 0.2) is 0 Å². The molecule has 0 bridgehead atoms. The molecule has 24 heavy (non-hydrogen) atoms. The Morgan fingerprint density at radius 2 is 0.917 bits per heavy atom. The van der Waals surface area contributed by atoms with Gasteiger partial charge in [-0.25, -0.2) is 0 Å². The van der Waals surface area contributed by atoms with E-state index in [-0.39, 0.29) is 6.10 Å². The maximum absolute atomic E-state index is 5.99. The Labute approximate surface area is 151 Å². The summed E-state index contributed by atoms with van der Waals surface area (Å²) < 4.78 is 17.6. The van der Waals surface area contributed by atoms with Crippen LogP contribution in [-0.2, 0) is 14.2 Å². The van der Waals surface area contributed by atoms with Crippen LogP contribution in [0.2, 0.25) is 0 Å². The molecule has 0 amide bonds. The maximum atomic E-state index is 5.99. The third-order valence-corrected chi connectivity index (χ3v) is 4.24. The van der Waals surface area contributed by atoms with Gasteiger partial charge in [0.25, 0.3) is 0 Å². The van der Waals surface area contributed by atoms with Crippen molar-refractivity contribution in [3.05, 3.63) is 0 Å². The highest BCUT2D eigenvalue weighted by atomic mass is 16.6. The van der Waals surface area contributed by atoms with Gasteiger partial charge in [-0.1, -0.05) is 78.6 Å². The van der Waals surface area contributed by atoms with Crippen LogP contribution in [-0.4, -0.2) is 39.1 Å². The van der Waals surface area contributed by atoms with E-state index < -0.39 is 0 Å². The third kappa shape index (κ3) is 18.2. The molecule has 0 aromatic carbocycles. The molecular weight excluding hydrogens is 300 g/mol. The minimum Gasteiger partial charge on any atom is -0.379 e.